The zero-order valence-electron chi connectivity index (χ0n) is 10.1. The Hall–Kier alpha value is -2.01. The summed E-state index contributed by atoms with van der Waals surface area (Å²) in [4.78, 5) is 0. The van der Waals surface area contributed by atoms with Gasteiger partial charge in [0.15, 0.2) is 5.76 Å². The average Bonchev–Trinajstić information content (AvgIpc) is 3.00. The van der Waals surface area contributed by atoms with Gasteiger partial charge in [-0.05, 0) is 29.8 Å². The van der Waals surface area contributed by atoms with Crippen molar-refractivity contribution in [2.75, 3.05) is 5.73 Å². The molecule has 0 fully saturated rings. The van der Waals surface area contributed by atoms with Crippen molar-refractivity contribution in [3.05, 3.63) is 58.8 Å². The van der Waals surface area contributed by atoms with E-state index in [0.717, 1.165) is 21.5 Å². The highest BCUT2D eigenvalue weighted by Gasteiger charge is 2.09. The number of aromatic nitrogens is 2. The van der Waals surface area contributed by atoms with E-state index in [1.54, 1.807) is 10.9 Å². The van der Waals surface area contributed by atoms with Crippen LogP contribution in [0.3, 0.4) is 0 Å². The maximum absolute atomic E-state index is 5.98. The number of nitrogen functional groups attached to an aromatic ring is 1. The summed E-state index contributed by atoms with van der Waals surface area (Å²) in [6.07, 6.45) is 1.62. The fourth-order valence-electron chi connectivity index (χ4n) is 1.91. The topological polar surface area (TPSA) is 57.0 Å². The number of furan rings is 1. The van der Waals surface area contributed by atoms with Crippen LogP contribution in [-0.4, -0.2) is 9.78 Å². The number of benzene rings is 1. The first kappa shape index (κ1) is 12.0. The smallest absolute Gasteiger partial charge is 0.154 e. The number of rotatable bonds is 3. The minimum Gasteiger partial charge on any atom is -0.463 e. The minimum absolute atomic E-state index is 0.617. The highest BCUT2D eigenvalue weighted by atomic mass is 79.9. The van der Waals surface area contributed by atoms with Crippen molar-refractivity contribution in [2.24, 2.45) is 0 Å². The van der Waals surface area contributed by atoms with Crippen molar-refractivity contribution >= 4 is 21.7 Å². The molecule has 0 saturated carbocycles. The molecule has 0 saturated heterocycles. The lowest BCUT2D eigenvalue weighted by Gasteiger charge is -2.04. The summed E-state index contributed by atoms with van der Waals surface area (Å²) < 4.78 is 8.13. The summed E-state index contributed by atoms with van der Waals surface area (Å²) in [5.74, 6) is 1.34. The summed E-state index contributed by atoms with van der Waals surface area (Å²) in [5, 5.41) is 4.46. The molecule has 19 heavy (non-hydrogen) atoms. The number of anilines is 1. The summed E-state index contributed by atoms with van der Waals surface area (Å²) in [7, 11) is 0. The average molecular weight is 318 g/mol. The van der Waals surface area contributed by atoms with Gasteiger partial charge < -0.3 is 10.2 Å². The highest BCUT2D eigenvalue weighted by Crippen LogP contribution is 2.21. The van der Waals surface area contributed by atoms with E-state index in [-0.39, 0.29) is 0 Å². The van der Waals surface area contributed by atoms with Gasteiger partial charge in [-0.2, -0.15) is 5.10 Å². The summed E-state index contributed by atoms with van der Waals surface area (Å²) >= 11 is 3.45. The van der Waals surface area contributed by atoms with Gasteiger partial charge in [0.2, 0.25) is 0 Å². The van der Waals surface area contributed by atoms with Gasteiger partial charge in [-0.25, -0.2) is 4.68 Å². The number of nitrogens with zero attached hydrogens (tertiary/aromatic N) is 2. The summed E-state index contributed by atoms with van der Waals surface area (Å²) in [6.45, 7) is 0.631. The maximum Gasteiger partial charge on any atom is 0.154 e. The second kappa shape index (κ2) is 4.93. The molecule has 0 unspecified atom stereocenters. The molecular weight excluding hydrogens is 306 g/mol. The molecule has 0 aliphatic rings. The van der Waals surface area contributed by atoms with Gasteiger partial charge in [-0.15, -0.1) is 0 Å². The molecule has 2 N–H and O–H groups in total. The van der Waals surface area contributed by atoms with Crippen molar-refractivity contribution < 1.29 is 4.42 Å². The molecule has 3 rings (SSSR count). The molecule has 0 aliphatic carbocycles. The molecule has 0 amide bonds. The van der Waals surface area contributed by atoms with E-state index >= 15 is 0 Å². The number of halogens is 1. The molecule has 2 aromatic heterocycles. The molecule has 2 heterocycles. The SMILES string of the molecule is Nc1cc(-c2ccco2)nn1Cc1cccc(Br)c1. The Morgan fingerprint density at radius 1 is 1.21 bits per heavy atom. The van der Waals surface area contributed by atoms with Gasteiger partial charge in [0.05, 0.1) is 12.8 Å². The van der Waals surface area contributed by atoms with Crippen LogP contribution in [0.1, 0.15) is 5.56 Å². The maximum atomic E-state index is 5.98. The van der Waals surface area contributed by atoms with Crippen LogP contribution in [0.2, 0.25) is 0 Å². The van der Waals surface area contributed by atoms with Gasteiger partial charge in [-0.1, -0.05) is 28.1 Å². The molecular formula is C14H12BrN3O. The van der Waals surface area contributed by atoms with Gasteiger partial charge in [0.25, 0.3) is 0 Å². The zero-order chi connectivity index (χ0) is 13.2. The van der Waals surface area contributed by atoms with Crippen molar-refractivity contribution in [1.82, 2.24) is 9.78 Å². The third kappa shape index (κ3) is 2.56. The number of hydrogen-bond acceptors (Lipinski definition) is 3. The monoisotopic (exact) mass is 317 g/mol. The van der Waals surface area contributed by atoms with Crippen molar-refractivity contribution in [3.8, 4) is 11.5 Å². The van der Waals surface area contributed by atoms with Crippen LogP contribution in [0.4, 0.5) is 5.82 Å². The Kier molecular flexibility index (Phi) is 3.13. The molecule has 3 aromatic rings. The number of nitrogens with two attached hydrogens (primary N) is 1. The predicted octanol–water partition coefficient (Wildman–Crippen LogP) is 3.54. The molecule has 4 nitrogen and oxygen atoms in total. The van der Waals surface area contributed by atoms with Gasteiger partial charge in [-0.3, -0.25) is 0 Å². The fourth-order valence-corrected chi connectivity index (χ4v) is 2.36. The van der Waals surface area contributed by atoms with E-state index in [9.17, 15) is 0 Å². The first-order chi connectivity index (χ1) is 9.22. The van der Waals surface area contributed by atoms with E-state index in [4.69, 9.17) is 10.2 Å². The third-order valence-corrected chi connectivity index (χ3v) is 3.30. The van der Waals surface area contributed by atoms with Crippen LogP contribution in [0.5, 0.6) is 0 Å². The van der Waals surface area contributed by atoms with E-state index in [1.807, 2.05) is 42.5 Å². The van der Waals surface area contributed by atoms with E-state index < -0.39 is 0 Å². The molecule has 0 radical (unpaired) electrons. The lowest BCUT2D eigenvalue weighted by molar-refractivity contribution is 0.576. The Morgan fingerprint density at radius 3 is 2.84 bits per heavy atom. The fraction of sp³-hybridized carbons (Fsp3) is 0.0714. The summed E-state index contributed by atoms with van der Waals surface area (Å²) in [5.41, 5.74) is 7.86. The largest absolute Gasteiger partial charge is 0.463 e. The van der Waals surface area contributed by atoms with Crippen LogP contribution < -0.4 is 5.73 Å². The van der Waals surface area contributed by atoms with Crippen LogP contribution in [0, 0.1) is 0 Å². The second-order valence-electron chi connectivity index (χ2n) is 4.22. The molecule has 5 heteroatoms. The van der Waals surface area contributed by atoms with E-state index in [1.165, 1.54) is 0 Å². The lowest BCUT2D eigenvalue weighted by Crippen LogP contribution is -2.05. The molecule has 96 valence electrons. The third-order valence-electron chi connectivity index (χ3n) is 2.81. The quantitative estimate of drug-likeness (QED) is 0.803. The van der Waals surface area contributed by atoms with Crippen LogP contribution in [0.15, 0.2) is 57.6 Å². The van der Waals surface area contributed by atoms with Gasteiger partial charge in [0.1, 0.15) is 11.5 Å². The minimum atomic E-state index is 0.617. The van der Waals surface area contributed by atoms with Crippen LogP contribution >= 0.6 is 15.9 Å². The van der Waals surface area contributed by atoms with Crippen LogP contribution in [-0.2, 0) is 6.54 Å². The van der Waals surface area contributed by atoms with E-state index in [2.05, 4.69) is 21.0 Å². The lowest BCUT2D eigenvalue weighted by atomic mass is 10.2. The number of hydrogen-bond donors (Lipinski definition) is 1. The summed E-state index contributed by atoms with van der Waals surface area (Å²) in [6, 6.07) is 13.6. The van der Waals surface area contributed by atoms with Gasteiger partial charge in [0, 0.05) is 10.5 Å². The molecule has 0 spiro atoms. The Bertz CT molecular complexity index is 689. The molecule has 0 bridgehead atoms. The molecule has 0 atom stereocenters. The van der Waals surface area contributed by atoms with Crippen molar-refractivity contribution in [1.29, 1.82) is 0 Å². The van der Waals surface area contributed by atoms with Crippen molar-refractivity contribution in [3.63, 3.8) is 0 Å². The Morgan fingerprint density at radius 2 is 2.11 bits per heavy atom. The highest BCUT2D eigenvalue weighted by molar-refractivity contribution is 9.10. The second-order valence-corrected chi connectivity index (χ2v) is 5.13. The first-order valence-corrected chi connectivity index (χ1v) is 6.63. The van der Waals surface area contributed by atoms with Crippen LogP contribution in [0.25, 0.3) is 11.5 Å². The predicted molar refractivity (Wildman–Crippen MR) is 77.6 cm³/mol. The first-order valence-electron chi connectivity index (χ1n) is 5.84. The van der Waals surface area contributed by atoms with E-state index in [0.29, 0.717) is 12.4 Å². The standard InChI is InChI=1S/C14H12BrN3O/c15-11-4-1-3-10(7-11)9-18-14(16)8-12(17-18)13-5-2-6-19-13/h1-8H,9,16H2. The Labute approximate surface area is 119 Å². The zero-order valence-corrected chi connectivity index (χ0v) is 11.7. The molecule has 0 aliphatic heterocycles. The molecule has 1 aromatic carbocycles. The Balaban J connectivity index is 1.90. The normalized spacial score (nSPS) is 10.8. The van der Waals surface area contributed by atoms with Gasteiger partial charge >= 0.3 is 0 Å². The van der Waals surface area contributed by atoms with Crippen molar-refractivity contribution in [2.45, 2.75) is 6.54 Å².